The van der Waals surface area contributed by atoms with E-state index in [0.717, 1.165) is 8.95 Å². The highest BCUT2D eigenvalue weighted by Crippen LogP contribution is 2.35. The Morgan fingerprint density at radius 1 is 0.471 bits per heavy atom. The first-order chi connectivity index (χ1) is 16.4. The molecule has 0 radical (unpaired) electrons. The van der Waals surface area contributed by atoms with Crippen molar-refractivity contribution in [3.05, 3.63) is 140 Å². The monoisotopic (exact) mass is 570 g/mol. The van der Waals surface area contributed by atoms with Crippen LogP contribution in [-0.2, 0) is 11.2 Å². The predicted octanol–water partition coefficient (Wildman–Crippen LogP) is 6.39. The lowest BCUT2D eigenvalue weighted by Crippen LogP contribution is -2.26. The summed E-state index contributed by atoms with van der Waals surface area (Å²) in [5.41, 5.74) is -0.706. The van der Waals surface area contributed by atoms with E-state index >= 15 is 0 Å². The second kappa shape index (κ2) is 10.4. The van der Waals surface area contributed by atoms with Gasteiger partial charge in [0.05, 0.1) is 0 Å². The molecular weight excluding hydrogens is 552 g/mol. The highest BCUT2D eigenvalue weighted by atomic mass is 79.9. The first-order valence-electron chi connectivity index (χ1n) is 10.6. The van der Waals surface area contributed by atoms with Gasteiger partial charge in [-0.2, -0.15) is 0 Å². The molecule has 0 fully saturated rings. The summed E-state index contributed by atoms with van der Waals surface area (Å²) in [7, 11) is 0. The first-order valence-corrected chi connectivity index (χ1v) is 12.1. The number of aliphatic hydroxyl groups is 2. The molecule has 2 nitrogen and oxygen atoms in total. The normalized spacial score (nSPS) is 13.9. The molecule has 4 rings (SSSR count). The molecule has 0 aliphatic carbocycles. The summed E-state index contributed by atoms with van der Waals surface area (Å²) in [6.07, 6.45) is 0. The van der Waals surface area contributed by atoms with Gasteiger partial charge in [0.25, 0.3) is 0 Å². The van der Waals surface area contributed by atoms with Crippen LogP contribution in [0.3, 0.4) is 0 Å². The molecule has 4 aromatic carbocycles. The summed E-state index contributed by atoms with van der Waals surface area (Å²) in [5.74, 6) is 11.5. The molecule has 2 unspecified atom stereocenters. The van der Waals surface area contributed by atoms with E-state index in [0.29, 0.717) is 22.3 Å². The maximum absolute atomic E-state index is 11.7. The summed E-state index contributed by atoms with van der Waals surface area (Å²) < 4.78 is 1.47. The van der Waals surface area contributed by atoms with Crippen LogP contribution in [0.2, 0.25) is 0 Å². The lowest BCUT2D eigenvalue weighted by Gasteiger charge is -2.25. The molecular formula is C30H20Br2O2. The van der Waals surface area contributed by atoms with E-state index < -0.39 is 11.2 Å². The van der Waals surface area contributed by atoms with E-state index in [1.165, 1.54) is 0 Å². The van der Waals surface area contributed by atoms with Crippen molar-refractivity contribution in [3.63, 3.8) is 0 Å². The number of rotatable bonds is 4. The van der Waals surface area contributed by atoms with Crippen molar-refractivity contribution < 1.29 is 10.2 Å². The van der Waals surface area contributed by atoms with Gasteiger partial charge < -0.3 is 10.2 Å². The van der Waals surface area contributed by atoms with Gasteiger partial charge in [0, 0.05) is 31.2 Å². The molecule has 0 amide bonds. The summed E-state index contributed by atoms with van der Waals surface area (Å²) in [5, 5.41) is 23.4. The van der Waals surface area contributed by atoms with Crippen LogP contribution in [0.25, 0.3) is 0 Å². The van der Waals surface area contributed by atoms with Gasteiger partial charge in [0.2, 0.25) is 0 Å². The van der Waals surface area contributed by atoms with E-state index in [1.54, 1.807) is 0 Å². The molecule has 0 aliphatic rings. The number of halogens is 2. The van der Waals surface area contributed by atoms with E-state index in [2.05, 4.69) is 55.5 Å². The Balaban J connectivity index is 1.83. The molecule has 0 aromatic heterocycles. The summed E-state index contributed by atoms with van der Waals surface area (Å²) in [6, 6.07) is 33.3. The first kappa shape index (κ1) is 24.0. The van der Waals surface area contributed by atoms with Crippen LogP contribution in [0.4, 0.5) is 0 Å². The lowest BCUT2D eigenvalue weighted by molar-refractivity contribution is 0.143. The standard InChI is InChI=1S/C30H20Br2O2/c31-27-19-9-7-17-25(27)29(33,23-13-3-1-4-14-23)21-11-12-22-30(34,24-15-5-2-6-16-24)26-18-8-10-20-28(26)32/h1-10,13-20,33-34H. The second-order valence-electron chi connectivity index (χ2n) is 7.61. The molecule has 0 aliphatic heterocycles. The third kappa shape index (κ3) is 4.87. The molecule has 4 heteroatoms. The van der Waals surface area contributed by atoms with Crippen LogP contribution < -0.4 is 0 Å². The van der Waals surface area contributed by atoms with Gasteiger partial charge in [-0.05, 0) is 35.8 Å². The molecule has 4 aromatic rings. The Bertz CT molecular complexity index is 1300. The zero-order valence-electron chi connectivity index (χ0n) is 18.0. The average Bonchev–Trinajstić information content (AvgIpc) is 2.88. The van der Waals surface area contributed by atoms with Crippen LogP contribution in [0.15, 0.2) is 118 Å². The zero-order valence-corrected chi connectivity index (χ0v) is 21.2. The third-order valence-corrected chi connectivity index (χ3v) is 6.84. The number of benzene rings is 4. The molecule has 0 heterocycles. The van der Waals surface area contributed by atoms with E-state index in [9.17, 15) is 10.2 Å². The van der Waals surface area contributed by atoms with Crippen LogP contribution in [0.1, 0.15) is 22.3 Å². The quantitative estimate of drug-likeness (QED) is 0.279. The summed E-state index contributed by atoms with van der Waals surface area (Å²) in [4.78, 5) is 0. The highest BCUT2D eigenvalue weighted by molar-refractivity contribution is 9.10. The maximum atomic E-state index is 11.7. The van der Waals surface area contributed by atoms with Crippen LogP contribution >= 0.6 is 31.9 Å². The third-order valence-electron chi connectivity index (χ3n) is 5.46. The topological polar surface area (TPSA) is 40.5 Å². The Morgan fingerprint density at radius 3 is 1.15 bits per heavy atom. The van der Waals surface area contributed by atoms with Gasteiger partial charge >= 0.3 is 0 Å². The van der Waals surface area contributed by atoms with Gasteiger partial charge in [-0.3, -0.25) is 0 Å². The Kier molecular flexibility index (Phi) is 7.37. The predicted molar refractivity (Wildman–Crippen MR) is 143 cm³/mol. The van der Waals surface area contributed by atoms with Crippen molar-refractivity contribution in [1.82, 2.24) is 0 Å². The molecule has 0 bridgehead atoms. The molecule has 166 valence electrons. The van der Waals surface area contributed by atoms with Gasteiger partial charge in [-0.15, -0.1) is 0 Å². The molecule has 2 atom stereocenters. The van der Waals surface area contributed by atoms with Crippen LogP contribution in [-0.4, -0.2) is 10.2 Å². The highest BCUT2D eigenvalue weighted by Gasteiger charge is 2.32. The zero-order chi connectivity index (χ0) is 24.0. The fourth-order valence-electron chi connectivity index (χ4n) is 3.70. The van der Waals surface area contributed by atoms with Crippen LogP contribution in [0.5, 0.6) is 0 Å². The average molecular weight is 572 g/mol. The molecule has 2 N–H and O–H groups in total. The minimum Gasteiger partial charge on any atom is -0.369 e. The maximum Gasteiger partial charge on any atom is 0.178 e. The number of hydrogen-bond acceptors (Lipinski definition) is 2. The SMILES string of the molecule is OC(C#CC#CC(O)(c1ccccc1)c1ccccc1Br)(c1ccccc1)c1ccccc1Br. The fraction of sp³-hybridized carbons (Fsp3) is 0.0667. The minimum absolute atomic E-state index is 0.611. The molecule has 34 heavy (non-hydrogen) atoms. The van der Waals surface area contributed by atoms with Gasteiger partial charge in [-0.25, -0.2) is 0 Å². The summed E-state index contributed by atoms with van der Waals surface area (Å²) >= 11 is 7.06. The minimum atomic E-state index is -1.59. The van der Waals surface area contributed by atoms with E-state index in [1.807, 2.05) is 109 Å². The fourth-order valence-corrected chi connectivity index (χ4v) is 4.84. The largest absolute Gasteiger partial charge is 0.369 e. The summed E-state index contributed by atoms with van der Waals surface area (Å²) in [6.45, 7) is 0. The van der Waals surface area contributed by atoms with Gasteiger partial charge in [0.1, 0.15) is 0 Å². The Hall–Kier alpha value is -3.12. The van der Waals surface area contributed by atoms with Crippen molar-refractivity contribution in [2.24, 2.45) is 0 Å². The Morgan fingerprint density at radius 2 is 0.794 bits per heavy atom. The van der Waals surface area contributed by atoms with Crippen molar-refractivity contribution in [2.75, 3.05) is 0 Å². The Labute approximate surface area is 216 Å². The number of hydrogen-bond donors (Lipinski definition) is 2. The van der Waals surface area contributed by atoms with Crippen molar-refractivity contribution in [2.45, 2.75) is 11.2 Å². The molecule has 0 saturated carbocycles. The van der Waals surface area contributed by atoms with E-state index in [4.69, 9.17) is 0 Å². The molecule has 0 spiro atoms. The molecule has 0 saturated heterocycles. The van der Waals surface area contributed by atoms with Gasteiger partial charge in [-0.1, -0.05) is 129 Å². The lowest BCUT2D eigenvalue weighted by atomic mass is 9.86. The van der Waals surface area contributed by atoms with Crippen LogP contribution in [0, 0.1) is 23.7 Å². The van der Waals surface area contributed by atoms with Gasteiger partial charge in [0.15, 0.2) is 11.2 Å². The van der Waals surface area contributed by atoms with Crippen molar-refractivity contribution in [1.29, 1.82) is 0 Å². The van der Waals surface area contributed by atoms with E-state index in [-0.39, 0.29) is 0 Å². The van der Waals surface area contributed by atoms with Crippen molar-refractivity contribution >= 4 is 31.9 Å². The smallest absolute Gasteiger partial charge is 0.178 e. The van der Waals surface area contributed by atoms with Crippen molar-refractivity contribution in [3.8, 4) is 23.7 Å². The second-order valence-corrected chi connectivity index (χ2v) is 9.32.